The smallest absolute Gasteiger partial charge is 0.295 e. The summed E-state index contributed by atoms with van der Waals surface area (Å²) in [6.45, 7) is 0. The largest absolute Gasteiger partial charge is 0.381 e. The zero-order chi connectivity index (χ0) is 11.7. The Balaban J connectivity index is 2.62. The Kier molecular flexibility index (Phi) is 2.24. The Morgan fingerprint density at radius 2 is 2.25 bits per heavy atom. The Hall–Kier alpha value is -2.51. The lowest BCUT2D eigenvalue weighted by Gasteiger charge is -2.01. The molecular formula is C8H6FN5O2. The molecule has 0 spiro atoms. The van der Waals surface area contributed by atoms with E-state index in [2.05, 4.69) is 10.3 Å². The van der Waals surface area contributed by atoms with Gasteiger partial charge in [0, 0.05) is 12.1 Å². The summed E-state index contributed by atoms with van der Waals surface area (Å²) in [6.07, 6.45) is 1.27. The average Bonchev–Trinajstić information content (AvgIpc) is 2.64. The highest BCUT2D eigenvalue weighted by molar-refractivity contribution is 5.52. The van der Waals surface area contributed by atoms with E-state index in [1.54, 1.807) is 0 Å². The third-order valence-corrected chi connectivity index (χ3v) is 1.89. The van der Waals surface area contributed by atoms with Crippen molar-refractivity contribution in [2.75, 3.05) is 5.73 Å². The number of halogens is 1. The van der Waals surface area contributed by atoms with Gasteiger partial charge in [0.15, 0.2) is 5.82 Å². The van der Waals surface area contributed by atoms with E-state index in [0.717, 1.165) is 22.9 Å². The van der Waals surface area contributed by atoms with Crippen LogP contribution < -0.4 is 5.73 Å². The molecule has 0 atom stereocenters. The predicted molar refractivity (Wildman–Crippen MR) is 52.4 cm³/mol. The zero-order valence-electron chi connectivity index (χ0n) is 7.87. The summed E-state index contributed by atoms with van der Waals surface area (Å²) in [7, 11) is 0. The highest BCUT2D eigenvalue weighted by Crippen LogP contribution is 2.23. The van der Waals surface area contributed by atoms with Crippen molar-refractivity contribution in [1.29, 1.82) is 0 Å². The van der Waals surface area contributed by atoms with Crippen molar-refractivity contribution in [1.82, 2.24) is 15.0 Å². The monoisotopic (exact) mass is 223 g/mol. The van der Waals surface area contributed by atoms with Crippen molar-refractivity contribution < 1.29 is 9.31 Å². The van der Waals surface area contributed by atoms with Crippen LogP contribution >= 0.6 is 0 Å². The number of benzene rings is 1. The summed E-state index contributed by atoms with van der Waals surface area (Å²) < 4.78 is 14.0. The van der Waals surface area contributed by atoms with Crippen molar-refractivity contribution in [3.05, 3.63) is 40.3 Å². The topological polar surface area (TPSA) is 99.9 Å². The number of nitrogens with zero attached hydrogens (tertiary/aromatic N) is 4. The quantitative estimate of drug-likeness (QED) is 0.602. The number of nitro benzene ring substituents is 1. The van der Waals surface area contributed by atoms with Crippen molar-refractivity contribution in [3.63, 3.8) is 0 Å². The van der Waals surface area contributed by atoms with Gasteiger partial charge in [0.25, 0.3) is 5.69 Å². The molecule has 0 aliphatic carbocycles. The molecule has 0 saturated carbocycles. The molecule has 0 aliphatic heterocycles. The van der Waals surface area contributed by atoms with Gasteiger partial charge in [0.2, 0.25) is 0 Å². The number of nitrogens with two attached hydrogens (primary N) is 1. The molecule has 2 rings (SSSR count). The molecule has 0 aliphatic rings. The Morgan fingerprint density at radius 1 is 1.50 bits per heavy atom. The van der Waals surface area contributed by atoms with E-state index < -0.39 is 10.7 Å². The molecule has 8 heteroatoms. The Bertz CT molecular complexity index is 553. The molecule has 1 heterocycles. The van der Waals surface area contributed by atoms with Crippen LogP contribution in [0.25, 0.3) is 5.69 Å². The average molecular weight is 223 g/mol. The summed E-state index contributed by atoms with van der Waals surface area (Å²) in [4.78, 5) is 10.1. The molecule has 0 unspecified atom stereocenters. The second kappa shape index (κ2) is 3.57. The lowest BCUT2D eigenvalue weighted by molar-refractivity contribution is -0.384. The lowest BCUT2D eigenvalue weighted by Crippen LogP contribution is -2.01. The molecule has 0 fully saturated rings. The van der Waals surface area contributed by atoms with Crippen LogP contribution in [0.4, 0.5) is 15.9 Å². The number of nitro groups is 1. The summed E-state index contributed by atoms with van der Waals surface area (Å²) in [5.41, 5.74) is 5.03. The molecule has 82 valence electrons. The van der Waals surface area contributed by atoms with Crippen LogP contribution in [-0.4, -0.2) is 19.9 Å². The van der Waals surface area contributed by atoms with Crippen LogP contribution in [0.15, 0.2) is 24.4 Å². The molecule has 1 aromatic heterocycles. The van der Waals surface area contributed by atoms with Crippen LogP contribution in [0.5, 0.6) is 0 Å². The summed E-state index contributed by atoms with van der Waals surface area (Å²) in [5.74, 6) is -0.506. The van der Waals surface area contributed by atoms with Gasteiger partial charge in [0.1, 0.15) is 11.5 Å². The third-order valence-electron chi connectivity index (χ3n) is 1.89. The van der Waals surface area contributed by atoms with Crippen LogP contribution in [-0.2, 0) is 0 Å². The van der Waals surface area contributed by atoms with E-state index in [9.17, 15) is 14.5 Å². The van der Waals surface area contributed by atoms with Crippen LogP contribution in [0.2, 0.25) is 0 Å². The molecule has 1 aromatic carbocycles. The van der Waals surface area contributed by atoms with Crippen LogP contribution in [0.1, 0.15) is 0 Å². The van der Waals surface area contributed by atoms with Gasteiger partial charge in [-0.1, -0.05) is 5.21 Å². The summed E-state index contributed by atoms with van der Waals surface area (Å²) in [6, 6.07) is 3.05. The maximum atomic E-state index is 13.0. The molecule has 0 radical (unpaired) electrons. The van der Waals surface area contributed by atoms with Crippen molar-refractivity contribution in [3.8, 4) is 5.69 Å². The molecule has 0 bridgehead atoms. The number of rotatable bonds is 2. The second-order valence-electron chi connectivity index (χ2n) is 2.98. The first-order chi connectivity index (χ1) is 7.58. The highest BCUT2D eigenvalue weighted by atomic mass is 19.1. The molecule has 0 saturated heterocycles. The van der Waals surface area contributed by atoms with Gasteiger partial charge >= 0.3 is 0 Å². The van der Waals surface area contributed by atoms with Crippen LogP contribution in [0, 0.1) is 15.9 Å². The minimum Gasteiger partial charge on any atom is -0.381 e. The first-order valence-electron chi connectivity index (χ1n) is 4.20. The van der Waals surface area contributed by atoms with Crippen molar-refractivity contribution in [2.45, 2.75) is 0 Å². The molecule has 2 aromatic rings. The van der Waals surface area contributed by atoms with Gasteiger partial charge < -0.3 is 5.73 Å². The normalized spacial score (nSPS) is 10.3. The van der Waals surface area contributed by atoms with Gasteiger partial charge in [-0.05, 0) is 6.07 Å². The van der Waals surface area contributed by atoms with E-state index in [1.807, 2.05) is 0 Å². The van der Waals surface area contributed by atoms with Gasteiger partial charge in [-0.3, -0.25) is 10.1 Å². The molecular weight excluding hydrogens is 217 g/mol. The minimum absolute atomic E-state index is 0.0193. The Morgan fingerprint density at radius 3 is 2.81 bits per heavy atom. The second-order valence-corrected chi connectivity index (χ2v) is 2.98. The molecule has 16 heavy (non-hydrogen) atoms. The molecule has 2 N–H and O–H groups in total. The van der Waals surface area contributed by atoms with Gasteiger partial charge in [-0.2, -0.15) is 0 Å². The molecule has 0 amide bonds. The fourth-order valence-corrected chi connectivity index (χ4v) is 1.23. The maximum absolute atomic E-state index is 13.0. The fraction of sp³-hybridized carbons (Fsp3) is 0. The van der Waals surface area contributed by atoms with Gasteiger partial charge in [-0.25, -0.2) is 9.07 Å². The first-order valence-corrected chi connectivity index (χ1v) is 4.20. The number of aromatic nitrogens is 3. The zero-order valence-corrected chi connectivity index (χ0v) is 7.87. The van der Waals surface area contributed by atoms with Crippen molar-refractivity contribution in [2.24, 2.45) is 0 Å². The van der Waals surface area contributed by atoms with E-state index in [1.165, 1.54) is 6.20 Å². The number of hydrogen-bond donors (Lipinski definition) is 1. The number of hydrogen-bond acceptors (Lipinski definition) is 5. The van der Waals surface area contributed by atoms with E-state index >= 15 is 0 Å². The SMILES string of the molecule is Nc1cn(-c2cc(F)ccc2[N+](=O)[O-])nn1. The van der Waals surface area contributed by atoms with Gasteiger partial charge in [-0.15, -0.1) is 5.10 Å². The summed E-state index contributed by atoms with van der Waals surface area (Å²) in [5, 5.41) is 17.7. The van der Waals surface area contributed by atoms with E-state index in [4.69, 9.17) is 5.73 Å². The Labute approximate surface area is 88.4 Å². The standard InChI is InChI=1S/C8H6FN5O2/c9-5-1-2-6(14(15)16)7(3-5)13-4-8(10)11-12-13/h1-4H,10H2. The number of nitrogen functional groups attached to an aromatic ring is 1. The van der Waals surface area contributed by atoms with Crippen molar-refractivity contribution >= 4 is 11.5 Å². The van der Waals surface area contributed by atoms with E-state index in [-0.39, 0.29) is 17.2 Å². The fourth-order valence-electron chi connectivity index (χ4n) is 1.23. The van der Waals surface area contributed by atoms with Gasteiger partial charge in [0.05, 0.1) is 11.1 Å². The number of anilines is 1. The van der Waals surface area contributed by atoms with Crippen LogP contribution in [0.3, 0.4) is 0 Å². The minimum atomic E-state index is -0.632. The lowest BCUT2D eigenvalue weighted by atomic mass is 10.2. The third kappa shape index (κ3) is 1.67. The van der Waals surface area contributed by atoms with E-state index in [0.29, 0.717) is 0 Å². The molecule has 7 nitrogen and oxygen atoms in total. The summed E-state index contributed by atoms with van der Waals surface area (Å²) >= 11 is 0. The predicted octanol–water partition coefficient (Wildman–Crippen LogP) is 0.897. The highest BCUT2D eigenvalue weighted by Gasteiger charge is 2.17. The first kappa shape index (κ1) is 10.0. The maximum Gasteiger partial charge on any atom is 0.295 e.